The molecule has 0 spiro atoms. The van der Waals surface area contributed by atoms with Crippen LogP contribution in [0.1, 0.15) is 38.2 Å². The van der Waals surface area contributed by atoms with Crippen LogP contribution in [0.15, 0.2) is 30.3 Å². The molecule has 1 aromatic rings. The van der Waals surface area contributed by atoms with E-state index in [-0.39, 0.29) is 12.5 Å². The largest absolute Gasteiger partial charge is 0.481 e. The second-order valence-corrected chi connectivity index (χ2v) is 6.08. The van der Waals surface area contributed by atoms with Gasteiger partial charge in [-0.05, 0) is 25.3 Å². The lowest BCUT2D eigenvalue weighted by molar-refractivity contribution is -0.147. The lowest BCUT2D eigenvalue weighted by atomic mass is 9.74. The second kappa shape index (κ2) is 7.40. The van der Waals surface area contributed by atoms with E-state index >= 15 is 0 Å². The van der Waals surface area contributed by atoms with E-state index in [1.165, 1.54) is 0 Å². The number of amides is 1. The molecule has 1 fully saturated rings. The highest BCUT2D eigenvalue weighted by atomic mass is 16.5. The molecule has 1 amide bonds. The zero-order chi connectivity index (χ0) is 16.0. The molecule has 1 saturated carbocycles. The van der Waals surface area contributed by atoms with Crippen LogP contribution in [0.5, 0.6) is 0 Å². The van der Waals surface area contributed by atoms with Gasteiger partial charge in [0.2, 0.25) is 5.91 Å². The zero-order valence-corrected chi connectivity index (χ0v) is 12.9. The predicted molar refractivity (Wildman–Crippen MR) is 82.2 cm³/mol. The smallest absolute Gasteiger partial charge is 0.308 e. The molecule has 5 nitrogen and oxygen atoms in total. The molecule has 2 rings (SSSR count). The number of benzene rings is 1. The number of carboxylic acid groups (broad SMARTS) is 1. The van der Waals surface area contributed by atoms with Crippen LogP contribution < -0.4 is 5.32 Å². The molecule has 0 bridgehead atoms. The Morgan fingerprint density at radius 1 is 1.32 bits per heavy atom. The summed E-state index contributed by atoms with van der Waals surface area (Å²) in [6.45, 7) is 2.13. The lowest BCUT2D eigenvalue weighted by Gasteiger charge is -2.39. The van der Waals surface area contributed by atoms with Crippen LogP contribution >= 0.6 is 0 Å². The average Bonchev–Trinajstić information content (AvgIpc) is 2.48. The van der Waals surface area contributed by atoms with Crippen molar-refractivity contribution in [2.75, 3.05) is 6.61 Å². The summed E-state index contributed by atoms with van der Waals surface area (Å²) in [4.78, 5) is 23.4. The number of rotatable bonds is 6. The number of aliphatic carboxylic acids is 1. The molecule has 22 heavy (non-hydrogen) atoms. The van der Waals surface area contributed by atoms with E-state index in [4.69, 9.17) is 4.74 Å². The molecule has 0 heterocycles. The summed E-state index contributed by atoms with van der Waals surface area (Å²) >= 11 is 0. The van der Waals surface area contributed by atoms with Gasteiger partial charge in [-0.25, -0.2) is 0 Å². The molecular weight excluding hydrogens is 282 g/mol. The summed E-state index contributed by atoms with van der Waals surface area (Å²) in [6, 6.07) is 9.62. The quantitative estimate of drug-likeness (QED) is 0.846. The Balaban J connectivity index is 1.83. The van der Waals surface area contributed by atoms with Gasteiger partial charge in [-0.3, -0.25) is 9.59 Å². The van der Waals surface area contributed by atoms with E-state index in [0.717, 1.165) is 18.4 Å². The van der Waals surface area contributed by atoms with Crippen molar-refractivity contribution in [3.63, 3.8) is 0 Å². The Morgan fingerprint density at radius 3 is 2.73 bits per heavy atom. The van der Waals surface area contributed by atoms with Gasteiger partial charge in [-0.1, -0.05) is 43.2 Å². The van der Waals surface area contributed by atoms with Gasteiger partial charge >= 0.3 is 5.97 Å². The van der Waals surface area contributed by atoms with E-state index in [9.17, 15) is 14.7 Å². The molecule has 0 saturated heterocycles. The maximum Gasteiger partial charge on any atom is 0.308 e. The molecule has 1 aromatic carbocycles. The molecule has 2 N–H and O–H groups in total. The summed E-state index contributed by atoms with van der Waals surface area (Å²) in [6.07, 6.45) is 3.13. The summed E-state index contributed by atoms with van der Waals surface area (Å²) in [7, 11) is 0. The highest BCUT2D eigenvalue weighted by molar-refractivity contribution is 5.80. The molecule has 1 aliphatic rings. The van der Waals surface area contributed by atoms with Gasteiger partial charge in [0.05, 0.1) is 18.1 Å². The SMILES string of the molecule is CC1(NC(=O)COCc2ccccc2)CCCCC1C(=O)O. The van der Waals surface area contributed by atoms with Crippen LogP contribution in [0, 0.1) is 5.92 Å². The highest BCUT2D eigenvalue weighted by Gasteiger charge is 2.42. The summed E-state index contributed by atoms with van der Waals surface area (Å²) < 4.78 is 5.40. The van der Waals surface area contributed by atoms with Crippen LogP contribution in [0.4, 0.5) is 0 Å². The monoisotopic (exact) mass is 305 g/mol. The summed E-state index contributed by atoms with van der Waals surface area (Å²) in [5.74, 6) is -1.63. The fraction of sp³-hybridized carbons (Fsp3) is 0.529. The molecule has 0 radical (unpaired) electrons. The van der Waals surface area contributed by atoms with Crippen LogP contribution in [-0.2, 0) is 20.9 Å². The third-order valence-corrected chi connectivity index (χ3v) is 4.28. The second-order valence-electron chi connectivity index (χ2n) is 6.08. The maximum atomic E-state index is 12.0. The molecular formula is C17H23NO4. The minimum Gasteiger partial charge on any atom is -0.481 e. The number of carbonyl (C=O) groups excluding carboxylic acids is 1. The minimum absolute atomic E-state index is 0.0587. The Labute approximate surface area is 130 Å². The number of nitrogens with one attached hydrogen (secondary N) is 1. The van der Waals surface area contributed by atoms with Crippen LogP contribution in [0.25, 0.3) is 0 Å². The van der Waals surface area contributed by atoms with Gasteiger partial charge in [-0.15, -0.1) is 0 Å². The van der Waals surface area contributed by atoms with Crippen molar-refractivity contribution in [3.05, 3.63) is 35.9 Å². The van der Waals surface area contributed by atoms with Gasteiger partial charge < -0.3 is 15.2 Å². The maximum absolute atomic E-state index is 12.0. The Kier molecular flexibility index (Phi) is 5.55. The fourth-order valence-corrected chi connectivity index (χ4v) is 3.07. The van der Waals surface area contributed by atoms with Gasteiger partial charge in [0.25, 0.3) is 0 Å². The number of carboxylic acids is 1. The standard InChI is InChI=1S/C17H23NO4/c1-17(10-6-5-9-14(17)16(20)21)18-15(19)12-22-11-13-7-3-2-4-8-13/h2-4,7-8,14H,5-6,9-12H2,1H3,(H,18,19)(H,20,21). The highest BCUT2D eigenvalue weighted by Crippen LogP contribution is 2.33. The molecule has 0 aliphatic heterocycles. The number of carbonyl (C=O) groups is 2. The number of ether oxygens (including phenoxy) is 1. The zero-order valence-electron chi connectivity index (χ0n) is 12.9. The van der Waals surface area contributed by atoms with Gasteiger partial charge in [0, 0.05) is 0 Å². The average molecular weight is 305 g/mol. The Morgan fingerprint density at radius 2 is 2.05 bits per heavy atom. The molecule has 5 heteroatoms. The van der Waals surface area contributed by atoms with Crippen LogP contribution in [0.2, 0.25) is 0 Å². The Hall–Kier alpha value is -1.88. The molecule has 120 valence electrons. The van der Waals surface area contributed by atoms with E-state index < -0.39 is 17.4 Å². The molecule has 1 aliphatic carbocycles. The van der Waals surface area contributed by atoms with Crippen molar-refractivity contribution in [1.82, 2.24) is 5.32 Å². The van der Waals surface area contributed by atoms with Gasteiger partial charge in [-0.2, -0.15) is 0 Å². The normalized spacial score (nSPS) is 24.7. The molecule has 2 unspecified atom stereocenters. The van der Waals surface area contributed by atoms with Crippen LogP contribution in [-0.4, -0.2) is 29.1 Å². The first-order valence-corrected chi connectivity index (χ1v) is 7.67. The van der Waals surface area contributed by atoms with Crippen molar-refractivity contribution < 1.29 is 19.4 Å². The molecule has 2 atom stereocenters. The predicted octanol–water partition coefficient (Wildman–Crippen LogP) is 2.35. The van der Waals surface area contributed by atoms with E-state index in [0.29, 0.717) is 19.4 Å². The minimum atomic E-state index is -0.840. The first-order valence-electron chi connectivity index (χ1n) is 7.67. The topological polar surface area (TPSA) is 75.6 Å². The van der Waals surface area contributed by atoms with Crippen molar-refractivity contribution in [3.8, 4) is 0 Å². The van der Waals surface area contributed by atoms with Crippen molar-refractivity contribution in [2.45, 2.75) is 44.8 Å². The lowest BCUT2D eigenvalue weighted by Crippen LogP contribution is -2.56. The first kappa shape index (κ1) is 16.5. The van der Waals surface area contributed by atoms with E-state index in [2.05, 4.69) is 5.32 Å². The molecule has 0 aromatic heterocycles. The third-order valence-electron chi connectivity index (χ3n) is 4.28. The third kappa shape index (κ3) is 4.31. The summed E-state index contributed by atoms with van der Waals surface area (Å²) in [5.41, 5.74) is 0.319. The van der Waals surface area contributed by atoms with Crippen LogP contribution in [0.3, 0.4) is 0 Å². The van der Waals surface area contributed by atoms with Crippen molar-refractivity contribution in [1.29, 1.82) is 0 Å². The van der Waals surface area contributed by atoms with E-state index in [1.807, 2.05) is 37.3 Å². The first-order chi connectivity index (χ1) is 10.5. The van der Waals surface area contributed by atoms with E-state index in [1.54, 1.807) is 0 Å². The van der Waals surface area contributed by atoms with Gasteiger partial charge in [0.1, 0.15) is 6.61 Å². The number of hydrogen-bond acceptors (Lipinski definition) is 3. The van der Waals surface area contributed by atoms with Crippen molar-refractivity contribution in [2.24, 2.45) is 5.92 Å². The van der Waals surface area contributed by atoms with Crippen molar-refractivity contribution >= 4 is 11.9 Å². The number of hydrogen-bond donors (Lipinski definition) is 2. The Bertz CT molecular complexity index is 517. The summed E-state index contributed by atoms with van der Waals surface area (Å²) in [5, 5.41) is 12.2. The van der Waals surface area contributed by atoms with Gasteiger partial charge in [0.15, 0.2) is 0 Å². The fourth-order valence-electron chi connectivity index (χ4n) is 3.07.